The molecular formula is C11H11NO2. The largest absolute Gasteiger partial charge is 0.478 e. The van der Waals surface area contributed by atoms with Crippen LogP contribution in [0, 0.1) is 18.3 Å². The van der Waals surface area contributed by atoms with Crippen molar-refractivity contribution in [2.24, 2.45) is 0 Å². The van der Waals surface area contributed by atoms with Crippen LogP contribution in [0.3, 0.4) is 0 Å². The topological polar surface area (TPSA) is 61.1 Å². The van der Waals surface area contributed by atoms with Crippen molar-refractivity contribution in [3.63, 3.8) is 0 Å². The van der Waals surface area contributed by atoms with Gasteiger partial charge in [-0.1, -0.05) is 13.0 Å². The number of hydrogen-bond acceptors (Lipinski definition) is 2. The van der Waals surface area contributed by atoms with Gasteiger partial charge in [-0.05, 0) is 30.5 Å². The molecule has 0 aliphatic rings. The molecule has 0 aromatic heterocycles. The second kappa shape index (κ2) is 3.93. The molecule has 14 heavy (non-hydrogen) atoms. The van der Waals surface area contributed by atoms with Gasteiger partial charge in [-0.15, -0.1) is 0 Å². The van der Waals surface area contributed by atoms with Crippen LogP contribution in [0.15, 0.2) is 12.1 Å². The van der Waals surface area contributed by atoms with Gasteiger partial charge in [0.25, 0.3) is 0 Å². The van der Waals surface area contributed by atoms with Gasteiger partial charge < -0.3 is 5.11 Å². The van der Waals surface area contributed by atoms with Gasteiger partial charge in [-0.2, -0.15) is 5.26 Å². The maximum atomic E-state index is 10.9. The first-order valence-corrected chi connectivity index (χ1v) is 4.37. The summed E-state index contributed by atoms with van der Waals surface area (Å²) in [7, 11) is 0. The molecule has 1 rings (SSSR count). The minimum absolute atomic E-state index is 0.131. The Morgan fingerprint density at radius 3 is 2.64 bits per heavy atom. The Labute approximate surface area is 82.6 Å². The predicted molar refractivity (Wildman–Crippen MR) is 52.2 cm³/mol. The summed E-state index contributed by atoms with van der Waals surface area (Å²) in [6, 6.07) is 5.26. The smallest absolute Gasteiger partial charge is 0.337 e. The van der Waals surface area contributed by atoms with Gasteiger partial charge in [0, 0.05) is 0 Å². The molecule has 0 bridgehead atoms. The highest BCUT2D eigenvalue weighted by molar-refractivity contribution is 5.92. The van der Waals surface area contributed by atoms with Gasteiger partial charge >= 0.3 is 5.97 Å². The summed E-state index contributed by atoms with van der Waals surface area (Å²) in [5.41, 5.74) is 2.03. The maximum absolute atomic E-state index is 10.9. The highest BCUT2D eigenvalue weighted by atomic mass is 16.4. The van der Waals surface area contributed by atoms with Crippen LogP contribution in [0.5, 0.6) is 0 Å². The van der Waals surface area contributed by atoms with E-state index in [2.05, 4.69) is 0 Å². The van der Waals surface area contributed by atoms with Gasteiger partial charge in [0.1, 0.15) is 6.07 Å². The number of rotatable bonds is 2. The van der Waals surface area contributed by atoms with Crippen LogP contribution in [0.2, 0.25) is 0 Å². The summed E-state index contributed by atoms with van der Waals surface area (Å²) in [4.78, 5) is 10.9. The highest BCUT2D eigenvalue weighted by Gasteiger charge is 2.14. The number of aryl methyl sites for hydroxylation is 1. The molecule has 0 aliphatic carbocycles. The summed E-state index contributed by atoms with van der Waals surface area (Å²) in [6.07, 6.45) is 0.776. The number of carbonyl (C=O) groups is 1. The number of benzene rings is 1. The molecule has 0 unspecified atom stereocenters. The predicted octanol–water partition coefficient (Wildman–Crippen LogP) is 2.13. The van der Waals surface area contributed by atoms with Crippen molar-refractivity contribution in [3.8, 4) is 6.07 Å². The molecule has 0 heterocycles. The Morgan fingerprint density at radius 1 is 1.57 bits per heavy atom. The van der Waals surface area contributed by atoms with Crippen LogP contribution in [-0.4, -0.2) is 11.1 Å². The van der Waals surface area contributed by atoms with Crippen molar-refractivity contribution >= 4 is 5.97 Å². The molecule has 0 radical (unpaired) electrons. The zero-order valence-corrected chi connectivity index (χ0v) is 8.16. The number of nitriles is 1. The summed E-state index contributed by atoms with van der Waals surface area (Å²) in [6.45, 7) is 3.70. The molecule has 3 heteroatoms. The number of carboxylic acid groups (broad SMARTS) is 1. The molecule has 0 aliphatic heterocycles. The molecule has 3 nitrogen and oxygen atoms in total. The Morgan fingerprint density at radius 2 is 2.21 bits per heavy atom. The van der Waals surface area contributed by atoms with E-state index in [4.69, 9.17) is 10.4 Å². The first-order valence-electron chi connectivity index (χ1n) is 4.37. The van der Waals surface area contributed by atoms with Gasteiger partial charge in [0.2, 0.25) is 0 Å². The van der Waals surface area contributed by atoms with E-state index in [0.717, 1.165) is 12.0 Å². The Hall–Kier alpha value is -1.82. The van der Waals surface area contributed by atoms with Crippen molar-refractivity contribution in [2.45, 2.75) is 20.3 Å². The lowest BCUT2D eigenvalue weighted by Gasteiger charge is -2.07. The minimum atomic E-state index is -1.03. The number of nitrogens with zero attached hydrogens (tertiary/aromatic N) is 1. The van der Waals surface area contributed by atoms with E-state index in [9.17, 15) is 4.79 Å². The van der Waals surface area contributed by atoms with Crippen LogP contribution in [0.4, 0.5) is 0 Å². The fourth-order valence-electron chi connectivity index (χ4n) is 1.51. The summed E-state index contributed by atoms with van der Waals surface area (Å²) in [5.74, 6) is -1.03. The van der Waals surface area contributed by atoms with Crippen molar-refractivity contribution in [1.82, 2.24) is 0 Å². The van der Waals surface area contributed by atoms with Crippen LogP contribution < -0.4 is 0 Å². The molecular weight excluding hydrogens is 178 g/mol. The summed E-state index contributed by atoms with van der Waals surface area (Å²) in [5, 5.41) is 17.7. The molecule has 0 saturated carbocycles. The molecule has 0 spiro atoms. The Bertz CT molecular complexity index is 416. The molecule has 0 fully saturated rings. The van der Waals surface area contributed by atoms with Gasteiger partial charge in [-0.3, -0.25) is 0 Å². The van der Waals surface area contributed by atoms with Crippen LogP contribution in [0.1, 0.15) is 34.0 Å². The third-order valence-corrected chi connectivity index (χ3v) is 2.29. The van der Waals surface area contributed by atoms with Gasteiger partial charge in [-0.25, -0.2) is 4.79 Å². The summed E-state index contributed by atoms with van der Waals surface area (Å²) < 4.78 is 0. The zero-order chi connectivity index (χ0) is 10.7. The van der Waals surface area contributed by atoms with Crippen LogP contribution in [0.25, 0.3) is 0 Å². The average Bonchev–Trinajstić information content (AvgIpc) is 2.16. The molecule has 72 valence electrons. The van der Waals surface area contributed by atoms with Crippen molar-refractivity contribution in [3.05, 3.63) is 34.4 Å². The van der Waals surface area contributed by atoms with Crippen molar-refractivity contribution in [1.29, 1.82) is 5.26 Å². The van der Waals surface area contributed by atoms with E-state index in [1.165, 1.54) is 0 Å². The van der Waals surface area contributed by atoms with E-state index in [1.807, 2.05) is 13.0 Å². The zero-order valence-electron chi connectivity index (χ0n) is 8.16. The fourth-order valence-corrected chi connectivity index (χ4v) is 1.51. The molecule has 0 saturated heterocycles. The van der Waals surface area contributed by atoms with E-state index < -0.39 is 5.97 Å². The van der Waals surface area contributed by atoms with E-state index in [0.29, 0.717) is 5.56 Å². The molecule has 1 aromatic carbocycles. The van der Waals surface area contributed by atoms with E-state index in [1.54, 1.807) is 19.1 Å². The lowest BCUT2D eigenvalue weighted by Crippen LogP contribution is -2.05. The second-order valence-electron chi connectivity index (χ2n) is 3.04. The normalized spacial score (nSPS) is 9.50. The highest BCUT2D eigenvalue weighted by Crippen LogP contribution is 2.18. The third-order valence-electron chi connectivity index (χ3n) is 2.29. The number of aromatic carboxylic acids is 1. The minimum Gasteiger partial charge on any atom is -0.478 e. The lowest BCUT2D eigenvalue weighted by atomic mass is 9.96. The summed E-state index contributed by atoms with van der Waals surface area (Å²) >= 11 is 0. The van der Waals surface area contributed by atoms with Gasteiger partial charge in [0.15, 0.2) is 0 Å². The molecule has 0 amide bonds. The lowest BCUT2D eigenvalue weighted by molar-refractivity contribution is 0.0695. The maximum Gasteiger partial charge on any atom is 0.337 e. The average molecular weight is 189 g/mol. The first kappa shape index (κ1) is 10.3. The van der Waals surface area contributed by atoms with Gasteiger partial charge in [0.05, 0.1) is 11.1 Å². The molecule has 1 aromatic rings. The molecule has 1 N–H and O–H groups in total. The van der Waals surface area contributed by atoms with Crippen LogP contribution in [-0.2, 0) is 6.42 Å². The third kappa shape index (κ3) is 1.60. The van der Waals surface area contributed by atoms with Crippen molar-refractivity contribution < 1.29 is 9.90 Å². The first-order chi connectivity index (χ1) is 6.61. The number of hydrogen-bond donors (Lipinski definition) is 1. The SMILES string of the molecule is CCc1ccc(C#N)c(C(=O)O)c1C. The monoisotopic (exact) mass is 189 g/mol. The number of carboxylic acids is 1. The van der Waals surface area contributed by atoms with E-state index >= 15 is 0 Å². The van der Waals surface area contributed by atoms with E-state index in [-0.39, 0.29) is 11.1 Å². The quantitative estimate of drug-likeness (QED) is 0.775. The fraction of sp³-hybridized carbons (Fsp3) is 0.273. The second-order valence-corrected chi connectivity index (χ2v) is 3.04. The Kier molecular flexibility index (Phi) is 2.88. The Balaban J connectivity index is 3.49. The standard InChI is InChI=1S/C11H11NO2/c1-3-8-4-5-9(6-12)10(7(8)2)11(13)14/h4-5H,3H2,1-2H3,(H,13,14). The van der Waals surface area contributed by atoms with Crippen molar-refractivity contribution in [2.75, 3.05) is 0 Å². The van der Waals surface area contributed by atoms with Crippen LogP contribution >= 0.6 is 0 Å². The molecule has 0 atom stereocenters.